The van der Waals surface area contributed by atoms with Crippen LogP contribution < -0.4 is 0 Å². The Labute approximate surface area is 167 Å². The van der Waals surface area contributed by atoms with E-state index >= 15 is 0 Å². The SMILES string of the molecule is C=CCC1=C(C)C(OC(=O)[C@@H]2[C@@H](C=C3CCCC3)C2(C)C)CC1=C(Cl)Cl. The van der Waals surface area contributed by atoms with E-state index < -0.39 is 0 Å². The van der Waals surface area contributed by atoms with Crippen molar-refractivity contribution in [1.82, 2.24) is 0 Å². The second-order valence-corrected chi connectivity index (χ2v) is 9.33. The highest BCUT2D eigenvalue weighted by Gasteiger charge is 2.62. The van der Waals surface area contributed by atoms with E-state index in [4.69, 9.17) is 27.9 Å². The van der Waals surface area contributed by atoms with Crippen LogP contribution in [0.3, 0.4) is 0 Å². The van der Waals surface area contributed by atoms with Gasteiger partial charge in [-0.05, 0) is 67.1 Å². The van der Waals surface area contributed by atoms with Gasteiger partial charge in [-0.1, -0.05) is 54.8 Å². The molecule has 1 unspecified atom stereocenters. The van der Waals surface area contributed by atoms with Crippen molar-refractivity contribution in [3.8, 4) is 0 Å². The first-order valence-electron chi connectivity index (χ1n) is 9.52. The minimum absolute atomic E-state index is 0.0182. The molecule has 3 rings (SSSR count). The lowest BCUT2D eigenvalue weighted by atomic mass is 10.1. The summed E-state index contributed by atoms with van der Waals surface area (Å²) < 4.78 is 6.18. The van der Waals surface area contributed by atoms with Crippen molar-refractivity contribution in [2.45, 2.75) is 65.4 Å². The lowest BCUT2D eigenvalue weighted by molar-refractivity contribution is -0.149. The normalized spacial score (nSPS) is 29.8. The third-order valence-corrected chi connectivity index (χ3v) is 6.83. The molecule has 3 atom stereocenters. The van der Waals surface area contributed by atoms with Crippen molar-refractivity contribution in [2.75, 3.05) is 0 Å². The van der Waals surface area contributed by atoms with Crippen molar-refractivity contribution in [2.24, 2.45) is 17.3 Å². The van der Waals surface area contributed by atoms with Crippen LogP contribution in [0.4, 0.5) is 0 Å². The van der Waals surface area contributed by atoms with Crippen molar-refractivity contribution < 1.29 is 9.53 Å². The van der Waals surface area contributed by atoms with Crippen LogP contribution in [-0.2, 0) is 9.53 Å². The molecule has 0 saturated heterocycles. The number of hydrogen-bond donors (Lipinski definition) is 0. The highest BCUT2D eigenvalue weighted by atomic mass is 35.5. The average molecular weight is 395 g/mol. The second kappa shape index (κ2) is 7.56. The number of allylic oxidation sites excluding steroid dienone is 4. The fraction of sp³-hybridized carbons (Fsp3) is 0.591. The van der Waals surface area contributed by atoms with Crippen LogP contribution >= 0.6 is 23.2 Å². The summed E-state index contributed by atoms with van der Waals surface area (Å²) in [5.74, 6) is 0.155. The van der Waals surface area contributed by atoms with Crippen molar-refractivity contribution in [3.63, 3.8) is 0 Å². The van der Waals surface area contributed by atoms with Crippen LogP contribution in [0, 0.1) is 17.3 Å². The molecule has 3 aliphatic carbocycles. The summed E-state index contributed by atoms with van der Waals surface area (Å²) in [6, 6.07) is 0. The molecule has 3 aliphatic rings. The van der Waals surface area contributed by atoms with Crippen LogP contribution in [-0.4, -0.2) is 12.1 Å². The molecule has 0 aliphatic heterocycles. The number of esters is 1. The summed E-state index contributed by atoms with van der Waals surface area (Å²) in [6.45, 7) is 10.1. The fourth-order valence-electron chi connectivity index (χ4n) is 4.55. The van der Waals surface area contributed by atoms with Gasteiger partial charge in [0.15, 0.2) is 0 Å². The molecule has 0 radical (unpaired) electrons. The third kappa shape index (κ3) is 3.68. The minimum atomic E-state index is -0.267. The fourth-order valence-corrected chi connectivity index (χ4v) is 4.93. The zero-order valence-electron chi connectivity index (χ0n) is 15.9. The lowest BCUT2D eigenvalue weighted by Gasteiger charge is -2.14. The molecule has 2 saturated carbocycles. The molecular formula is C22H28Cl2O2. The van der Waals surface area contributed by atoms with Crippen LogP contribution in [0.5, 0.6) is 0 Å². The molecule has 4 heteroatoms. The number of rotatable bonds is 5. The highest BCUT2D eigenvalue weighted by Crippen LogP contribution is 2.60. The van der Waals surface area contributed by atoms with Gasteiger partial charge < -0.3 is 4.74 Å². The van der Waals surface area contributed by atoms with E-state index in [2.05, 4.69) is 26.5 Å². The molecule has 26 heavy (non-hydrogen) atoms. The Morgan fingerprint density at radius 1 is 1.31 bits per heavy atom. The standard InChI is InChI=1S/C22H28Cl2O2/c1-5-8-15-13(2)18(12-16(15)20(23)24)26-21(25)19-17(22(19,3)4)11-14-9-6-7-10-14/h5,11,17-19H,1,6-10,12H2,2-4H3/t17-,18?,19+/m1/s1. The van der Waals surface area contributed by atoms with Crippen molar-refractivity contribution >= 4 is 29.2 Å². The van der Waals surface area contributed by atoms with E-state index in [0.29, 0.717) is 18.8 Å². The molecule has 0 spiro atoms. The maximum Gasteiger partial charge on any atom is 0.310 e. The first-order chi connectivity index (χ1) is 12.3. The van der Waals surface area contributed by atoms with E-state index in [9.17, 15) is 4.79 Å². The molecule has 0 aromatic carbocycles. The van der Waals surface area contributed by atoms with Gasteiger partial charge in [0.25, 0.3) is 0 Å². The van der Waals surface area contributed by atoms with Gasteiger partial charge in [-0.3, -0.25) is 4.79 Å². The van der Waals surface area contributed by atoms with Gasteiger partial charge in [-0.2, -0.15) is 0 Å². The Morgan fingerprint density at radius 3 is 2.54 bits per heavy atom. The first kappa shape index (κ1) is 19.8. The van der Waals surface area contributed by atoms with Gasteiger partial charge in [0.2, 0.25) is 0 Å². The summed E-state index contributed by atoms with van der Waals surface area (Å²) in [4.78, 5) is 12.9. The van der Waals surface area contributed by atoms with Gasteiger partial charge in [0.05, 0.1) is 5.92 Å². The summed E-state index contributed by atoms with van der Waals surface area (Å²) in [7, 11) is 0. The molecule has 142 valence electrons. The van der Waals surface area contributed by atoms with Crippen LogP contribution in [0.1, 0.15) is 59.3 Å². The zero-order valence-corrected chi connectivity index (χ0v) is 17.4. The van der Waals surface area contributed by atoms with Crippen LogP contribution in [0.2, 0.25) is 0 Å². The van der Waals surface area contributed by atoms with Crippen LogP contribution in [0.15, 0.2) is 45.5 Å². The summed E-state index contributed by atoms with van der Waals surface area (Å²) in [5.41, 5.74) is 4.47. The van der Waals surface area contributed by atoms with Gasteiger partial charge in [-0.25, -0.2) is 0 Å². The lowest BCUT2D eigenvalue weighted by Crippen LogP contribution is -2.20. The summed E-state index contributed by atoms with van der Waals surface area (Å²) >= 11 is 12.1. The molecule has 0 aromatic heterocycles. The Morgan fingerprint density at radius 2 is 1.96 bits per heavy atom. The summed E-state index contributed by atoms with van der Waals surface area (Å²) in [6.07, 6.45) is 10.1. The largest absolute Gasteiger partial charge is 0.457 e. The Bertz CT molecular complexity index is 700. The molecule has 2 fully saturated rings. The maximum absolute atomic E-state index is 12.9. The average Bonchev–Trinajstić information content (AvgIpc) is 2.93. The van der Waals surface area contributed by atoms with E-state index in [1.54, 1.807) is 0 Å². The minimum Gasteiger partial charge on any atom is -0.457 e. The van der Waals surface area contributed by atoms with E-state index in [-0.39, 0.29) is 27.9 Å². The van der Waals surface area contributed by atoms with Gasteiger partial charge in [0, 0.05) is 6.42 Å². The molecular weight excluding hydrogens is 367 g/mol. The topological polar surface area (TPSA) is 26.3 Å². The Balaban J connectivity index is 1.71. The molecule has 0 heterocycles. The monoisotopic (exact) mass is 394 g/mol. The van der Waals surface area contributed by atoms with E-state index in [1.807, 2.05) is 13.0 Å². The molecule has 0 N–H and O–H groups in total. The number of halogens is 2. The summed E-state index contributed by atoms with van der Waals surface area (Å²) in [5, 5.41) is 0. The van der Waals surface area contributed by atoms with Crippen molar-refractivity contribution in [3.05, 3.63) is 45.5 Å². The van der Waals surface area contributed by atoms with Gasteiger partial charge >= 0.3 is 5.97 Å². The van der Waals surface area contributed by atoms with Gasteiger partial charge in [-0.15, -0.1) is 6.58 Å². The quantitative estimate of drug-likeness (QED) is 0.384. The van der Waals surface area contributed by atoms with Gasteiger partial charge in [0.1, 0.15) is 10.6 Å². The molecule has 2 nitrogen and oxygen atoms in total. The maximum atomic E-state index is 12.9. The number of carbonyl (C=O) groups excluding carboxylic acids is 1. The molecule has 0 bridgehead atoms. The predicted molar refractivity (Wildman–Crippen MR) is 108 cm³/mol. The first-order valence-corrected chi connectivity index (χ1v) is 10.3. The molecule has 0 aromatic rings. The number of carbonyl (C=O) groups is 1. The second-order valence-electron chi connectivity index (χ2n) is 8.38. The zero-order chi connectivity index (χ0) is 19.1. The number of hydrogen-bond acceptors (Lipinski definition) is 2. The Kier molecular flexibility index (Phi) is 5.75. The smallest absolute Gasteiger partial charge is 0.310 e. The third-order valence-electron chi connectivity index (χ3n) is 6.37. The van der Waals surface area contributed by atoms with Crippen LogP contribution in [0.25, 0.3) is 0 Å². The highest BCUT2D eigenvalue weighted by molar-refractivity contribution is 6.56. The van der Waals surface area contributed by atoms with Crippen molar-refractivity contribution in [1.29, 1.82) is 0 Å². The predicted octanol–water partition coefficient (Wildman–Crippen LogP) is 6.66. The van der Waals surface area contributed by atoms with E-state index in [1.165, 1.54) is 31.3 Å². The number of ether oxygens (including phenoxy) is 1. The van der Waals surface area contributed by atoms with E-state index in [0.717, 1.165) is 16.7 Å². The Hall–Kier alpha value is -0.990. The molecule has 0 amide bonds.